The molecule has 116 valence electrons. The van der Waals surface area contributed by atoms with E-state index in [1.54, 1.807) is 23.5 Å². The number of carbonyl (C=O) groups excluding carboxylic acids is 1. The lowest BCUT2D eigenvalue weighted by atomic mass is 9.80. The molecule has 1 aliphatic carbocycles. The summed E-state index contributed by atoms with van der Waals surface area (Å²) in [4.78, 5) is 12.1. The van der Waals surface area contributed by atoms with Gasteiger partial charge in [-0.25, -0.2) is 4.79 Å². The summed E-state index contributed by atoms with van der Waals surface area (Å²) in [7, 11) is 0. The molecular formula is C17H19ClN2OS. The number of thiophene rings is 1. The summed E-state index contributed by atoms with van der Waals surface area (Å²) in [6.07, 6.45) is 4.74. The fraction of sp³-hybridized carbons (Fsp3) is 0.353. The van der Waals surface area contributed by atoms with E-state index in [9.17, 15) is 4.79 Å². The number of nitrogens with one attached hydrogen (secondary N) is 2. The van der Waals surface area contributed by atoms with Gasteiger partial charge in [-0.2, -0.15) is 11.3 Å². The second-order valence-electron chi connectivity index (χ2n) is 5.82. The van der Waals surface area contributed by atoms with Crippen LogP contribution in [0.3, 0.4) is 0 Å². The maximum Gasteiger partial charge on any atom is 0.319 e. The zero-order valence-electron chi connectivity index (χ0n) is 12.3. The second kappa shape index (κ2) is 6.71. The van der Waals surface area contributed by atoms with Crippen LogP contribution in [0.15, 0.2) is 41.1 Å². The van der Waals surface area contributed by atoms with E-state index in [0.29, 0.717) is 17.3 Å². The first-order valence-electron chi connectivity index (χ1n) is 7.51. The lowest BCUT2D eigenvalue weighted by Crippen LogP contribution is -2.40. The van der Waals surface area contributed by atoms with E-state index in [2.05, 4.69) is 27.5 Å². The van der Waals surface area contributed by atoms with Gasteiger partial charge < -0.3 is 10.6 Å². The van der Waals surface area contributed by atoms with Crippen molar-refractivity contribution in [1.29, 1.82) is 0 Å². The van der Waals surface area contributed by atoms with Crippen LogP contribution in [0.5, 0.6) is 0 Å². The van der Waals surface area contributed by atoms with Gasteiger partial charge >= 0.3 is 6.03 Å². The van der Waals surface area contributed by atoms with Crippen molar-refractivity contribution < 1.29 is 4.79 Å². The Morgan fingerprint density at radius 3 is 2.77 bits per heavy atom. The van der Waals surface area contributed by atoms with Gasteiger partial charge in [0.2, 0.25) is 0 Å². The normalized spacial score (nSPS) is 16.4. The van der Waals surface area contributed by atoms with Crippen molar-refractivity contribution in [3.8, 4) is 0 Å². The number of halogens is 1. The van der Waals surface area contributed by atoms with Crippen LogP contribution in [-0.2, 0) is 5.41 Å². The van der Waals surface area contributed by atoms with E-state index in [4.69, 9.17) is 11.6 Å². The average molecular weight is 335 g/mol. The van der Waals surface area contributed by atoms with E-state index < -0.39 is 0 Å². The molecule has 0 bridgehead atoms. The molecule has 5 heteroatoms. The van der Waals surface area contributed by atoms with Crippen LogP contribution in [0.2, 0.25) is 5.02 Å². The topological polar surface area (TPSA) is 41.1 Å². The van der Waals surface area contributed by atoms with Crippen molar-refractivity contribution in [1.82, 2.24) is 5.32 Å². The molecule has 1 fully saturated rings. The first-order chi connectivity index (χ1) is 10.7. The summed E-state index contributed by atoms with van der Waals surface area (Å²) in [6.45, 7) is 0.677. The molecule has 2 N–H and O–H groups in total. The van der Waals surface area contributed by atoms with E-state index in [0.717, 1.165) is 12.8 Å². The molecule has 3 nitrogen and oxygen atoms in total. The van der Waals surface area contributed by atoms with Gasteiger partial charge in [-0.05, 0) is 53.4 Å². The van der Waals surface area contributed by atoms with Crippen LogP contribution in [-0.4, -0.2) is 12.6 Å². The summed E-state index contributed by atoms with van der Waals surface area (Å²) in [5.41, 5.74) is 2.17. The maximum absolute atomic E-state index is 12.1. The average Bonchev–Trinajstić information content (AvgIpc) is 3.17. The largest absolute Gasteiger partial charge is 0.337 e. The molecule has 0 spiro atoms. The number of urea groups is 1. The van der Waals surface area contributed by atoms with Gasteiger partial charge in [-0.3, -0.25) is 0 Å². The molecule has 0 saturated heterocycles. The van der Waals surface area contributed by atoms with Gasteiger partial charge in [0.05, 0.1) is 0 Å². The summed E-state index contributed by atoms with van der Waals surface area (Å²) >= 11 is 7.65. The van der Waals surface area contributed by atoms with Crippen molar-refractivity contribution in [3.63, 3.8) is 0 Å². The van der Waals surface area contributed by atoms with Crippen LogP contribution in [0.4, 0.5) is 10.5 Å². The van der Waals surface area contributed by atoms with Crippen molar-refractivity contribution in [2.45, 2.75) is 31.1 Å². The molecule has 1 aromatic carbocycles. The molecule has 1 saturated carbocycles. The fourth-order valence-electron chi connectivity index (χ4n) is 3.18. The summed E-state index contributed by atoms with van der Waals surface area (Å²) in [6, 6.07) is 9.19. The number of carbonyl (C=O) groups is 1. The Morgan fingerprint density at radius 1 is 1.27 bits per heavy atom. The quantitative estimate of drug-likeness (QED) is 0.808. The molecule has 1 heterocycles. The van der Waals surface area contributed by atoms with Crippen LogP contribution >= 0.6 is 22.9 Å². The van der Waals surface area contributed by atoms with Crippen molar-refractivity contribution in [3.05, 3.63) is 51.7 Å². The van der Waals surface area contributed by atoms with Crippen LogP contribution < -0.4 is 10.6 Å². The molecule has 0 unspecified atom stereocenters. The fourth-order valence-corrected chi connectivity index (χ4v) is 4.15. The number of hydrogen-bond donors (Lipinski definition) is 2. The second-order valence-corrected chi connectivity index (χ2v) is 7.03. The SMILES string of the molecule is O=C(NCC1(c2ccsc2)CCCC1)Nc1cccc(Cl)c1. The summed E-state index contributed by atoms with van der Waals surface area (Å²) < 4.78 is 0. The molecule has 1 aromatic heterocycles. The zero-order valence-corrected chi connectivity index (χ0v) is 13.8. The van der Waals surface area contributed by atoms with E-state index in [-0.39, 0.29) is 11.4 Å². The number of amides is 2. The van der Waals surface area contributed by atoms with Crippen molar-refractivity contribution in [2.75, 3.05) is 11.9 Å². The third kappa shape index (κ3) is 3.45. The summed E-state index contributed by atoms with van der Waals surface area (Å²) in [5.74, 6) is 0. The first-order valence-corrected chi connectivity index (χ1v) is 8.83. The molecule has 22 heavy (non-hydrogen) atoms. The van der Waals surface area contributed by atoms with Crippen molar-refractivity contribution in [2.24, 2.45) is 0 Å². The minimum atomic E-state index is -0.177. The van der Waals surface area contributed by atoms with Gasteiger partial charge in [0.15, 0.2) is 0 Å². The van der Waals surface area contributed by atoms with Crippen LogP contribution in [0.25, 0.3) is 0 Å². The van der Waals surface area contributed by atoms with E-state index >= 15 is 0 Å². The predicted octanol–water partition coefficient (Wildman–Crippen LogP) is 5.04. The van der Waals surface area contributed by atoms with Crippen LogP contribution in [0.1, 0.15) is 31.2 Å². The molecule has 0 atom stereocenters. The highest BCUT2D eigenvalue weighted by molar-refractivity contribution is 7.08. The Bertz CT molecular complexity index is 636. The Kier molecular flexibility index (Phi) is 4.69. The predicted molar refractivity (Wildman–Crippen MR) is 92.9 cm³/mol. The Hall–Kier alpha value is -1.52. The third-order valence-electron chi connectivity index (χ3n) is 4.36. The Morgan fingerprint density at radius 2 is 2.09 bits per heavy atom. The lowest BCUT2D eigenvalue weighted by molar-refractivity contribution is 0.248. The number of rotatable bonds is 4. The Balaban J connectivity index is 1.62. The molecular weight excluding hydrogens is 316 g/mol. The Labute approximate surface area is 139 Å². The standard InChI is InChI=1S/C17H19ClN2OS/c18-14-4-3-5-15(10-14)20-16(21)19-12-17(7-1-2-8-17)13-6-9-22-11-13/h3-6,9-11H,1-2,7-8,12H2,(H2,19,20,21). The lowest BCUT2D eigenvalue weighted by Gasteiger charge is -2.28. The molecule has 0 radical (unpaired) electrons. The van der Waals surface area contributed by atoms with E-state index in [1.165, 1.54) is 18.4 Å². The summed E-state index contributed by atoms with van der Waals surface area (Å²) in [5, 5.41) is 10.8. The van der Waals surface area contributed by atoms with Gasteiger partial charge in [-0.1, -0.05) is 30.5 Å². The minimum Gasteiger partial charge on any atom is -0.337 e. The number of anilines is 1. The maximum atomic E-state index is 12.1. The van der Waals surface area contributed by atoms with Gasteiger partial charge in [-0.15, -0.1) is 0 Å². The molecule has 2 aromatic rings. The van der Waals surface area contributed by atoms with E-state index in [1.807, 2.05) is 12.1 Å². The minimum absolute atomic E-state index is 0.103. The number of hydrogen-bond acceptors (Lipinski definition) is 2. The zero-order chi connectivity index (χ0) is 15.4. The third-order valence-corrected chi connectivity index (χ3v) is 5.28. The van der Waals surface area contributed by atoms with Gasteiger partial charge in [0, 0.05) is 22.7 Å². The van der Waals surface area contributed by atoms with Crippen molar-refractivity contribution >= 4 is 34.7 Å². The monoisotopic (exact) mass is 334 g/mol. The highest BCUT2D eigenvalue weighted by atomic mass is 35.5. The first kappa shape index (κ1) is 15.4. The number of benzene rings is 1. The molecule has 2 amide bonds. The van der Waals surface area contributed by atoms with Gasteiger partial charge in [0.25, 0.3) is 0 Å². The molecule has 0 aliphatic heterocycles. The molecule has 1 aliphatic rings. The smallest absolute Gasteiger partial charge is 0.319 e. The molecule has 3 rings (SSSR count). The highest BCUT2D eigenvalue weighted by Gasteiger charge is 2.36. The van der Waals surface area contributed by atoms with Crippen LogP contribution in [0, 0.1) is 0 Å². The van der Waals surface area contributed by atoms with Gasteiger partial charge in [0.1, 0.15) is 0 Å². The highest BCUT2D eigenvalue weighted by Crippen LogP contribution is 2.41.